The van der Waals surface area contributed by atoms with Gasteiger partial charge < -0.3 is 4.90 Å². The summed E-state index contributed by atoms with van der Waals surface area (Å²) in [5, 5.41) is 7.79. The van der Waals surface area contributed by atoms with Gasteiger partial charge in [0.2, 0.25) is 5.78 Å². The number of nitrogens with zero attached hydrogens (tertiary/aromatic N) is 3. The molecule has 0 radical (unpaired) electrons. The standard InChI is InChI=1S/C17H14F5N3O/c1-25(2)14-9-7-13(8-10-14)24-23-12-5-3-11(4-6-12)15(26)16(18,19)17(20,21)22/h3-10H,1-2H3. The van der Waals surface area contributed by atoms with Gasteiger partial charge in [-0.05, 0) is 48.5 Å². The molecule has 26 heavy (non-hydrogen) atoms. The summed E-state index contributed by atoms with van der Waals surface area (Å²) in [7, 11) is 3.75. The Morgan fingerprint density at radius 3 is 1.62 bits per heavy atom. The van der Waals surface area contributed by atoms with Gasteiger partial charge in [-0.15, -0.1) is 0 Å². The van der Waals surface area contributed by atoms with E-state index in [0.29, 0.717) is 5.69 Å². The molecule has 0 amide bonds. The summed E-state index contributed by atoms with van der Waals surface area (Å²) in [4.78, 5) is 13.3. The first-order valence-electron chi connectivity index (χ1n) is 7.31. The van der Waals surface area contributed by atoms with Crippen molar-refractivity contribution in [3.63, 3.8) is 0 Å². The highest BCUT2D eigenvalue weighted by molar-refractivity contribution is 6.02. The molecule has 2 rings (SSSR count). The molecule has 2 aromatic rings. The smallest absolute Gasteiger partial charge is 0.378 e. The van der Waals surface area contributed by atoms with Gasteiger partial charge in [0.15, 0.2) is 0 Å². The van der Waals surface area contributed by atoms with E-state index >= 15 is 0 Å². The third-order valence-electron chi connectivity index (χ3n) is 3.42. The van der Waals surface area contributed by atoms with Gasteiger partial charge in [-0.2, -0.15) is 32.2 Å². The van der Waals surface area contributed by atoms with Crippen LogP contribution in [0.5, 0.6) is 0 Å². The summed E-state index contributed by atoms with van der Waals surface area (Å²) in [5.74, 6) is -7.75. The summed E-state index contributed by atoms with van der Waals surface area (Å²) >= 11 is 0. The molecule has 0 aliphatic heterocycles. The molecule has 4 nitrogen and oxygen atoms in total. The predicted octanol–water partition coefficient (Wildman–Crippen LogP) is 5.55. The first-order valence-corrected chi connectivity index (χ1v) is 7.31. The van der Waals surface area contributed by atoms with Gasteiger partial charge in [0.25, 0.3) is 0 Å². The van der Waals surface area contributed by atoms with Gasteiger partial charge in [-0.1, -0.05) is 0 Å². The lowest BCUT2D eigenvalue weighted by atomic mass is 10.0. The molecule has 0 saturated heterocycles. The van der Waals surface area contributed by atoms with Gasteiger partial charge in [0, 0.05) is 25.3 Å². The van der Waals surface area contributed by atoms with Crippen LogP contribution in [0, 0.1) is 0 Å². The fourth-order valence-corrected chi connectivity index (χ4v) is 1.92. The molecular weight excluding hydrogens is 357 g/mol. The van der Waals surface area contributed by atoms with Crippen molar-refractivity contribution in [1.29, 1.82) is 0 Å². The van der Waals surface area contributed by atoms with E-state index in [4.69, 9.17) is 0 Å². The van der Waals surface area contributed by atoms with Crippen LogP contribution in [0.1, 0.15) is 10.4 Å². The van der Waals surface area contributed by atoms with Crippen molar-refractivity contribution in [2.24, 2.45) is 10.2 Å². The quantitative estimate of drug-likeness (QED) is 0.393. The van der Waals surface area contributed by atoms with Gasteiger partial charge in [0.05, 0.1) is 11.4 Å². The zero-order chi connectivity index (χ0) is 19.5. The van der Waals surface area contributed by atoms with Crippen LogP contribution in [-0.4, -0.2) is 32.0 Å². The SMILES string of the molecule is CN(C)c1ccc(N=Nc2ccc(C(=O)C(F)(F)C(F)(F)F)cc2)cc1. The van der Waals surface area contributed by atoms with E-state index in [-0.39, 0.29) is 5.69 Å². The van der Waals surface area contributed by atoms with Crippen LogP contribution in [0.15, 0.2) is 58.8 Å². The lowest BCUT2D eigenvalue weighted by Gasteiger charge is -2.17. The van der Waals surface area contributed by atoms with Crippen molar-refractivity contribution >= 4 is 22.8 Å². The van der Waals surface area contributed by atoms with Gasteiger partial charge >= 0.3 is 12.1 Å². The normalized spacial score (nSPS) is 12.4. The average molecular weight is 371 g/mol. The Morgan fingerprint density at radius 1 is 0.808 bits per heavy atom. The third-order valence-corrected chi connectivity index (χ3v) is 3.42. The van der Waals surface area contributed by atoms with Gasteiger partial charge in [0.1, 0.15) is 0 Å². The van der Waals surface area contributed by atoms with E-state index in [1.165, 1.54) is 0 Å². The Hall–Kier alpha value is -2.84. The van der Waals surface area contributed by atoms with Gasteiger partial charge in [-0.25, -0.2) is 0 Å². The number of hydrogen-bond donors (Lipinski definition) is 0. The molecule has 0 N–H and O–H groups in total. The summed E-state index contributed by atoms with van der Waals surface area (Å²) in [6.45, 7) is 0. The second-order valence-electron chi connectivity index (χ2n) is 5.56. The number of Topliss-reactive ketones (excluding diaryl/α,β-unsaturated/α-hetero) is 1. The topological polar surface area (TPSA) is 45.0 Å². The molecule has 2 aromatic carbocycles. The number of benzene rings is 2. The van der Waals surface area contributed by atoms with Crippen molar-refractivity contribution in [3.05, 3.63) is 54.1 Å². The Bertz CT molecular complexity index is 797. The molecule has 0 aliphatic rings. The summed E-state index contributed by atoms with van der Waals surface area (Å²) < 4.78 is 62.8. The summed E-state index contributed by atoms with van der Waals surface area (Å²) in [6, 6.07) is 11.0. The lowest BCUT2D eigenvalue weighted by molar-refractivity contribution is -0.255. The number of hydrogen-bond acceptors (Lipinski definition) is 4. The van der Waals surface area contributed by atoms with Crippen LogP contribution in [0.25, 0.3) is 0 Å². The van der Waals surface area contributed by atoms with E-state index < -0.39 is 23.4 Å². The molecule has 138 valence electrons. The van der Waals surface area contributed by atoms with Crippen LogP contribution in [-0.2, 0) is 0 Å². The molecule has 9 heteroatoms. The highest BCUT2D eigenvalue weighted by Gasteiger charge is 2.63. The van der Waals surface area contributed by atoms with Crippen molar-refractivity contribution in [2.45, 2.75) is 12.1 Å². The Morgan fingerprint density at radius 2 is 1.23 bits per heavy atom. The Balaban J connectivity index is 2.13. The first-order chi connectivity index (χ1) is 12.0. The molecule has 0 spiro atoms. The largest absolute Gasteiger partial charge is 0.461 e. The summed E-state index contributed by atoms with van der Waals surface area (Å²) in [5.41, 5.74) is 0.923. The molecule has 0 fully saturated rings. The number of halogens is 5. The van der Waals surface area contributed by atoms with Crippen LogP contribution < -0.4 is 4.90 Å². The predicted molar refractivity (Wildman–Crippen MR) is 86.7 cm³/mol. The molecule has 0 heterocycles. The lowest BCUT2D eigenvalue weighted by Crippen LogP contribution is -2.44. The number of ketones is 1. The zero-order valence-corrected chi connectivity index (χ0v) is 13.8. The monoisotopic (exact) mass is 371 g/mol. The third kappa shape index (κ3) is 4.22. The van der Waals surface area contributed by atoms with E-state index in [9.17, 15) is 26.7 Å². The molecular formula is C17H14F5N3O. The summed E-state index contributed by atoms with van der Waals surface area (Å²) in [6.07, 6.45) is -5.94. The number of azo groups is 1. The van der Waals surface area contributed by atoms with Crippen molar-refractivity contribution in [2.75, 3.05) is 19.0 Å². The van der Waals surface area contributed by atoms with E-state index in [1.54, 1.807) is 12.1 Å². The number of rotatable bonds is 5. The molecule has 0 aliphatic carbocycles. The molecule has 0 saturated carbocycles. The molecule has 0 unspecified atom stereocenters. The van der Waals surface area contributed by atoms with Crippen LogP contribution >= 0.6 is 0 Å². The van der Waals surface area contributed by atoms with Crippen LogP contribution in [0.4, 0.5) is 39.0 Å². The minimum atomic E-state index is -5.94. The molecule has 0 bridgehead atoms. The fourth-order valence-electron chi connectivity index (χ4n) is 1.92. The van der Waals surface area contributed by atoms with E-state index in [0.717, 1.165) is 30.0 Å². The van der Waals surface area contributed by atoms with Crippen LogP contribution in [0.3, 0.4) is 0 Å². The second kappa shape index (κ2) is 7.19. The van der Waals surface area contributed by atoms with Crippen molar-refractivity contribution in [1.82, 2.24) is 0 Å². The number of carbonyl (C=O) groups is 1. The molecule has 0 aromatic heterocycles. The van der Waals surface area contributed by atoms with Crippen LogP contribution in [0.2, 0.25) is 0 Å². The molecule has 0 atom stereocenters. The van der Waals surface area contributed by atoms with Crippen molar-refractivity contribution in [3.8, 4) is 0 Å². The number of carbonyl (C=O) groups excluding carboxylic acids is 1. The number of anilines is 1. The van der Waals surface area contributed by atoms with Crippen molar-refractivity contribution < 1.29 is 26.7 Å². The van der Waals surface area contributed by atoms with Gasteiger partial charge in [-0.3, -0.25) is 4.79 Å². The number of alkyl halides is 5. The van der Waals surface area contributed by atoms with E-state index in [1.807, 2.05) is 31.1 Å². The fraction of sp³-hybridized carbons (Fsp3) is 0.235. The maximum atomic E-state index is 13.0. The second-order valence-corrected chi connectivity index (χ2v) is 5.56. The minimum absolute atomic E-state index is 0.202. The average Bonchev–Trinajstić information content (AvgIpc) is 2.59. The van der Waals surface area contributed by atoms with E-state index in [2.05, 4.69) is 10.2 Å². The minimum Gasteiger partial charge on any atom is -0.378 e. The maximum Gasteiger partial charge on any atom is 0.461 e. The zero-order valence-electron chi connectivity index (χ0n) is 13.8. The Kier molecular flexibility index (Phi) is 5.38. The first kappa shape index (κ1) is 19.5. The Labute approximate surface area is 146 Å². The maximum absolute atomic E-state index is 13.0. The highest BCUT2D eigenvalue weighted by Crippen LogP contribution is 2.38. The highest BCUT2D eigenvalue weighted by atomic mass is 19.4.